The molecule has 1 aliphatic heterocycles. The Bertz CT molecular complexity index is 898. The van der Waals surface area contributed by atoms with E-state index in [1.54, 1.807) is 24.3 Å². The van der Waals surface area contributed by atoms with Crippen LogP contribution in [0.15, 0.2) is 53.4 Å². The van der Waals surface area contributed by atoms with Crippen LogP contribution in [0.4, 0.5) is 5.69 Å². The van der Waals surface area contributed by atoms with E-state index >= 15 is 0 Å². The summed E-state index contributed by atoms with van der Waals surface area (Å²) in [6.07, 6.45) is 1.16. The second-order valence-electron chi connectivity index (χ2n) is 6.17. The van der Waals surface area contributed by atoms with Crippen molar-refractivity contribution in [3.63, 3.8) is 0 Å². The van der Waals surface area contributed by atoms with E-state index in [1.165, 1.54) is 16.4 Å². The maximum absolute atomic E-state index is 13.0. The zero-order valence-corrected chi connectivity index (χ0v) is 17.9. The molecule has 1 unspecified atom stereocenters. The maximum atomic E-state index is 13.0. The fraction of sp³-hybridized carbons (Fsp3) is 0.316. The molecule has 0 aromatic heterocycles. The Balaban J connectivity index is 1.77. The lowest BCUT2D eigenvalue weighted by Crippen LogP contribution is -2.43. The molecule has 3 rings (SSSR count). The summed E-state index contributed by atoms with van der Waals surface area (Å²) in [4.78, 5) is 12.9. The Hall–Kier alpha value is -1.65. The standard InChI is InChI=1S/C19H21IN2O4S/c1-2-26-16-9-11-17(12-10-16)27(24,25)22-13-3-4-18(22)19(23)21-15-7-5-14(20)6-8-15/h5-12,18H,2-4,13H2,1H3,(H,21,23). The lowest BCUT2D eigenvalue weighted by atomic mass is 10.2. The van der Waals surface area contributed by atoms with Gasteiger partial charge in [0.25, 0.3) is 0 Å². The molecule has 1 heterocycles. The first-order valence-corrected chi connectivity index (χ1v) is 11.2. The van der Waals surface area contributed by atoms with Gasteiger partial charge >= 0.3 is 0 Å². The van der Waals surface area contributed by atoms with Crippen LogP contribution in [0.2, 0.25) is 0 Å². The van der Waals surface area contributed by atoms with E-state index < -0.39 is 16.1 Å². The van der Waals surface area contributed by atoms with Gasteiger partial charge in [0.05, 0.1) is 11.5 Å². The number of anilines is 1. The highest BCUT2D eigenvalue weighted by atomic mass is 127. The number of carbonyl (C=O) groups excluding carboxylic acids is 1. The van der Waals surface area contributed by atoms with Crippen molar-refractivity contribution in [2.75, 3.05) is 18.5 Å². The molecule has 0 bridgehead atoms. The molecule has 1 fully saturated rings. The SMILES string of the molecule is CCOc1ccc(S(=O)(=O)N2CCCC2C(=O)Nc2ccc(I)cc2)cc1. The molecule has 27 heavy (non-hydrogen) atoms. The molecular weight excluding hydrogens is 479 g/mol. The molecule has 0 saturated carbocycles. The zero-order valence-electron chi connectivity index (χ0n) is 14.9. The van der Waals surface area contributed by atoms with Crippen LogP contribution in [0.3, 0.4) is 0 Å². The average Bonchev–Trinajstić information content (AvgIpc) is 3.15. The summed E-state index contributed by atoms with van der Waals surface area (Å²) in [7, 11) is -3.75. The number of halogens is 1. The molecule has 6 nitrogen and oxygen atoms in total. The van der Waals surface area contributed by atoms with E-state index in [0.717, 1.165) is 3.57 Å². The van der Waals surface area contributed by atoms with Gasteiger partial charge in [-0.3, -0.25) is 4.79 Å². The van der Waals surface area contributed by atoms with Crippen molar-refractivity contribution in [2.24, 2.45) is 0 Å². The van der Waals surface area contributed by atoms with Crippen LogP contribution >= 0.6 is 22.6 Å². The van der Waals surface area contributed by atoms with Crippen molar-refractivity contribution < 1.29 is 17.9 Å². The molecule has 1 saturated heterocycles. The second-order valence-corrected chi connectivity index (χ2v) is 9.31. The fourth-order valence-electron chi connectivity index (χ4n) is 3.06. The monoisotopic (exact) mass is 500 g/mol. The molecule has 2 aromatic rings. The van der Waals surface area contributed by atoms with Crippen LogP contribution < -0.4 is 10.1 Å². The number of carbonyl (C=O) groups is 1. The van der Waals surface area contributed by atoms with Crippen LogP contribution in [-0.2, 0) is 14.8 Å². The molecular formula is C19H21IN2O4S. The van der Waals surface area contributed by atoms with Crippen molar-refractivity contribution >= 4 is 44.2 Å². The predicted octanol–water partition coefficient (Wildman–Crippen LogP) is 3.48. The van der Waals surface area contributed by atoms with E-state index in [1.807, 2.05) is 19.1 Å². The Kier molecular flexibility index (Phi) is 6.38. The molecule has 1 amide bonds. The number of amides is 1. The number of hydrogen-bond acceptors (Lipinski definition) is 4. The van der Waals surface area contributed by atoms with Gasteiger partial charge in [0.15, 0.2) is 0 Å². The molecule has 1 N–H and O–H groups in total. The summed E-state index contributed by atoms with van der Waals surface area (Å²) in [5, 5.41) is 2.82. The summed E-state index contributed by atoms with van der Waals surface area (Å²) in [5.41, 5.74) is 0.658. The van der Waals surface area contributed by atoms with Gasteiger partial charge in [-0.1, -0.05) is 0 Å². The maximum Gasteiger partial charge on any atom is 0.243 e. The first kappa shape index (κ1) is 20.1. The fourth-order valence-corrected chi connectivity index (χ4v) is 5.07. The molecule has 1 aliphatic rings. The van der Waals surface area contributed by atoms with E-state index in [-0.39, 0.29) is 10.8 Å². The lowest BCUT2D eigenvalue weighted by Gasteiger charge is -2.23. The van der Waals surface area contributed by atoms with Crippen LogP contribution in [0.1, 0.15) is 19.8 Å². The van der Waals surface area contributed by atoms with Crippen LogP contribution in [0.5, 0.6) is 5.75 Å². The lowest BCUT2D eigenvalue weighted by molar-refractivity contribution is -0.119. The minimum atomic E-state index is -3.75. The van der Waals surface area contributed by atoms with Gasteiger partial charge in [-0.15, -0.1) is 0 Å². The van der Waals surface area contributed by atoms with Gasteiger partial charge in [-0.05, 0) is 90.9 Å². The second kappa shape index (κ2) is 8.57. The van der Waals surface area contributed by atoms with Crippen molar-refractivity contribution in [1.29, 1.82) is 0 Å². The van der Waals surface area contributed by atoms with Gasteiger partial charge < -0.3 is 10.1 Å². The van der Waals surface area contributed by atoms with E-state index in [9.17, 15) is 13.2 Å². The van der Waals surface area contributed by atoms with E-state index in [0.29, 0.717) is 37.4 Å². The summed E-state index contributed by atoms with van der Waals surface area (Å²) >= 11 is 2.19. The van der Waals surface area contributed by atoms with Crippen molar-refractivity contribution in [3.8, 4) is 5.75 Å². The molecule has 0 radical (unpaired) electrons. The predicted molar refractivity (Wildman–Crippen MR) is 112 cm³/mol. The van der Waals surface area contributed by atoms with Gasteiger partial charge in [0.2, 0.25) is 15.9 Å². The molecule has 0 aliphatic carbocycles. The van der Waals surface area contributed by atoms with Crippen LogP contribution in [0, 0.1) is 3.57 Å². The van der Waals surface area contributed by atoms with Crippen molar-refractivity contribution in [3.05, 3.63) is 52.1 Å². The summed E-state index contributed by atoms with van der Waals surface area (Å²) < 4.78 is 33.8. The Morgan fingerprint density at radius 2 is 1.85 bits per heavy atom. The minimum Gasteiger partial charge on any atom is -0.494 e. The summed E-state index contributed by atoms with van der Waals surface area (Å²) in [6, 6.07) is 13.0. The molecule has 2 aromatic carbocycles. The molecule has 144 valence electrons. The number of hydrogen-bond donors (Lipinski definition) is 1. The summed E-state index contributed by atoms with van der Waals surface area (Å²) in [5.74, 6) is 0.314. The third-order valence-corrected chi connectivity index (χ3v) is 7.00. The summed E-state index contributed by atoms with van der Waals surface area (Å²) in [6.45, 7) is 2.71. The van der Waals surface area contributed by atoms with Crippen LogP contribution in [0.25, 0.3) is 0 Å². The number of nitrogens with zero attached hydrogens (tertiary/aromatic N) is 1. The normalized spacial score (nSPS) is 17.6. The van der Waals surface area contributed by atoms with Gasteiger partial charge in [-0.2, -0.15) is 4.31 Å². The highest BCUT2D eigenvalue weighted by Crippen LogP contribution is 2.28. The van der Waals surface area contributed by atoms with Gasteiger partial charge in [-0.25, -0.2) is 8.42 Å². The number of nitrogens with one attached hydrogen (secondary N) is 1. The number of sulfonamides is 1. The van der Waals surface area contributed by atoms with Crippen molar-refractivity contribution in [1.82, 2.24) is 4.31 Å². The third kappa shape index (κ3) is 4.61. The Morgan fingerprint density at radius 3 is 2.48 bits per heavy atom. The molecule has 8 heteroatoms. The first-order valence-electron chi connectivity index (χ1n) is 8.73. The van der Waals surface area contributed by atoms with Crippen molar-refractivity contribution in [2.45, 2.75) is 30.7 Å². The number of ether oxygens (including phenoxy) is 1. The first-order chi connectivity index (χ1) is 12.9. The van der Waals surface area contributed by atoms with Gasteiger partial charge in [0.1, 0.15) is 11.8 Å². The van der Waals surface area contributed by atoms with E-state index in [4.69, 9.17) is 4.74 Å². The minimum absolute atomic E-state index is 0.167. The molecule has 0 spiro atoms. The average molecular weight is 500 g/mol. The number of rotatable bonds is 6. The smallest absolute Gasteiger partial charge is 0.243 e. The quantitative estimate of drug-likeness (QED) is 0.617. The molecule has 1 atom stereocenters. The van der Waals surface area contributed by atoms with Crippen LogP contribution in [-0.4, -0.2) is 37.8 Å². The highest BCUT2D eigenvalue weighted by molar-refractivity contribution is 14.1. The largest absolute Gasteiger partial charge is 0.494 e. The Morgan fingerprint density at radius 1 is 1.19 bits per heavy atom. The Labute approximate surface area is 173 Å². The number of benzene rings is 2. The zero-order chi connectivity index (χ0) is 19.4. The van der Waals surface area contributed by atoms with E-state index in [2.05, 4.69) is 27.9 Å². The highest BCUT2D eigenvalue weighted by Gasteiger charge is 2.39. The van der Waals surface area contributed by atoms with Gasteiger partial charge in [0, 0.05) is 15.8 Å². The third-order valence-electron chi connectivity index (χ3n) is 4.36. The topological polar surface area (TPSA) is 75.7 Å².